The number of piperidine rings is 2. The van der Waals surface area contributed by atoms with Gasteiger partial charge in [-0.3, -0.25) is 9.69 Å². The van der Waals surface area contributed by atoms with E-state index in [1.807, 2.05) is 20.9 Å². The molecule has 0 bridgehead atoms. The highest BCUT2D eigenvalue weighted by Gasteiger charge is 2.44. The number of methoxy groups -OCH3 is 1. The van der Waals surface area contributed by atoms with Crippen LogP contribution in [0.1, 0.15) is 66.6 Å². The number of hydrogen-bond acceptors (Lipinski definition) is 7. The third-order valence-electron chi connectivity index (χ3n) is 7.80. The quantitative estimate of drug-likeness (QED) is 0.597. The maximum atomic E-state index is 12.2. The molecule has 186 valence electrons. The Bertz CT molecular complexity index is 1010. The van der Waals surface area contributed by atoms with Gasteiger partial charge in [0.1, 0.15) is 0 Å². The largest absolute Gasteiger partial charge is 0.383 e. The molecule has 3 aliphatic rings. The summed E-state index contributed by atoms with van der Waals surface area (Å²) in [5.41, 5.74) is 2.34. The highest BCUT2D eigenvalue weighted by Crippen LogP contribution is 2.46. The summed E-state index contributed by atoms with van der Waals surface area (Å²) in [5.74, 6) is 0.203. The van der Waals surface area contributed by atoms with Gasteiger partial charge in [-0.15, -0.1) is 16.4 Å². The molecule has 9 heteroatoms. The molecule has 3 aliphatic heterocycles. The van der Waals surface area contributed by atoms with Crippen molar-refractivity contribution in [3.8, 4) is 0 Å². The summed E-state index contributed by atoms with van der Waals surface area (Å²) >= 11 is 1.98. The Morgan fingerprint density at radius 3 is 3.03 bits per heavy atom. The number of aromatic nitrogens is 3. The molecule has 0 N–H and O–H groups in total. The molecule has 2 saturated heterocycles. The first-order valence-corrected chi connectivity index (χ1v) is 13.5. The van der Waals surface area contributed by atoms with E-state index >= 15 is 0 Å². The predicted octanol–water partition coefficient (Wildman–Crippen LogP) is 3.16. The molecule has 1 amide bonds. The van der Waals surface area contributed by atoms with Gasteiger partial charge >= 0.3 is 0 Å². The first-order valence-electron chi connectivity index (χ1n) is 12.7. The number of carbonyl (C=O) groups excluding carboxylic acids is 1. The number of amides is 1. The van der Waals surface area contributed by atoms with Gasteiger partial charge in [-0.05, 0) is 44.2 Å². The fraction of sp³-hybridized carbons (Fsp3) is 0.720. The van der Waals surface area contributed by atoms with Crippen LogP contribution in [0.5, 0.6) is 0 Å². The van der Waals surface area contributed by atoms with E-state index in [1.54, 1.807) is 7.11 Å². The lowest BCUT2D eigenvalue weighted by Gasteiger charge is -2.47. The van der Waals surface area contributed by atoms with Gasteiger partial charge in [-0.2, -0.15) is 0 Å². The van der Waals surface area contributed by atoms with Gasteiger partial charge in [0.15, 0.2) is 0 Å². The fourth-order valence-electron chi connectivity index (χ4n) is 5.81. The number of fused-ring (bicyclic) bond motifs is 2. The van der Waals surface area contributed by atoms with Gasteiger partial charge in [0.25, 0.3) is 0 Å². The average molecular weight is 488 g/mol. The summed E-state index contributed by atoms with van der Waals surface area (Å²) < 4.78 is 13.6. The number of carbonyl (C=O) groups is 1. The average Bonchev–Trinajstić information content (AvgIpc) is 3.48. The van der Waals surface area contributed by atoms with Gasteiger partial charge in [0.2, 0.25) is 5.91 Å². The number of thiophene rings is 1. The van der Waals surface area contributed by atoms with Crippen molar-refractivity contribution >= 4 is 17.2 Å². The second-order valence-corrected chi connectivity index (χ2v) is 11.2. The second-order valence-electron chi connectivity index (χ2n) is 9.98. The summed E-state index contributed by atoms with van der Waals surface area (Å²) in [7, 11) is 1.67. The van der Waals surface area contributed by atoms with E-state index in [-0.39, 0.29) is 17.6 Å². The van der Waals surface area contributed by atoms with Crippen LogP contribution in [-0.4, -0.2) is 76.7 Å². The van der Waals surface area contributed by atoms with E-state index in [0.29, 0.717) is 32.2 Å². The lowest BCUT2D eigenvalue weighted by Crippen LogP contribution is -2.50. The van der Waals surface area contributed by atoms with Crippen LogP contribution in [0.15, 0.2) is 12.3 Å². The molecule has 34 heavy (non-hydrogen) atoms. The predicted molar refractivity (Wildman–Crippen MR) is 131 cm³/mol. The first-order chi connectivity index (χ1) is 16.5. The molecule has 3 atom stereocenters. The monoisotopic (exact) mass is 487 g/mol. The van der Waals surface area contributed by atoms with Crippen molar-refractivity contribution in [2.24, 2.45) is 0 Å². The van der Waals surface area contributed by atoms with E-state index in [2.05, 4.69) is 41.3 Å². The van der Waals surface area contributed by atoms with Crippen molar-refractivity contribution < 1.29 is 14.3 Å². The van der Waals surface area contributed by atoms with Gasteiger partial charge in [-0.1, -0.05) is 12.1 Å². The standard InChI is InChI=1S/C25H37N5O3S/c1-4-21-13-22-23(34-21)7-11-33-25(22)8-9-28(18(2)14-25)15-19-16-30(27-26-19)20-5-6-24(31)29(17-20)10-12-32-3/h13,16,18,20H,4-12,14-15,17H2,1-3H3/t18-,20?,25+/m0/s1. The summed E-state index contributed by atoms with van der Waals surface area (Å²) in [6.07, 6.45) is 7.65. The molecule has 0 radical (unpaired) electrons. The van der Waals surface area contributed by atoms with Crippen molar-refractivity contribution in [2.75, 3.05) is 40.0 Å². The summed E-state index contributed by atoms with van der Waals surface area (Å²) in [4.78, 5) is 19.6. The normalized spacial score (nSPS) is 28.0. The van der Waals surface area contributed by atoms with Crippen molar-refractivity contribution in [1.82, 2.24) is 24.8 Å². The molecular weight excluding hydrogens is 450 g/mol. The van der Waals surface area contributed by atoms with Crippen molar-refractivity contribution in [3.63, 3.8) is 0 Å². The van der Waals surface area contributed by atoms with E-state index in [1.165, 1.54) is 15.3 Å². The summed E-state index contributed by atoms with van der Waals surface area (Å²) in [6, 6.07) is 3.00. The highest BCUT2D eigenvalue weighted by atomic mass is 32.1. The number of ether oxygens (including phenoxy) is 2. The van der Waals surface area contributed by atoms with E-state index in [9.17, 15) is 4.79 Å². The smallest absolute Gasteiger partial charge is 0.222 e. The maximum absolute atomic E-state index is 12.2. The van der Waals surface area contributed by atoms with Crippen LogP contribution in [0.4, 0.5) is 0 Å². The minimum absolute atomic E-state index is 0.120. The first kappa shape index (κ1) is 23.9. The van der Waals surface area contributed by atoms with Crippen molar-refractivity contribution in [3.05, 3.63) is 33.3 Å². The Morgan fingerprint density at radius 2 is 2.24 bits per heavy atom. The van der Waals surface area contributed by atoms with Crippen LogP contribution < -0.4 is 0 Å². The third-order valence-corrected chi connectivity index (χ3v) is 9.13. The molecule has 2 aromatic rings. The maximum Gasteiger partial charge on any atom is 0.222 e. The third kappa shape index (κ3) is 4.67. The molecule has 0 aliphatic carbocycles. The molecule has 2 fully saturated rings. The zero-order chi connectivity index (χ0) is 23.7. The molecule has 5 heterocycles. The summed E-state index contributed by atoms with van der Waals surface area (Å²) in [5, 5.41) is 8.94. The van der Waals surface area contributed by atoms with Crippen LogP contribution in [0, 0.1) is 0 Å². The number of hydrogen-bond donors (Lipinski definition) is 0. The van der Waals surface area contributed by atoms with Gasteiger partial charge in [0, 0.05) is 61.9 Å². The van der Waals surface area contributed by atoms with Crippen LogP contribution in [0.2, 0.25) is 0 Å². The van der Waals surface area contributed by atoms with Crippen LogP contribution in [0.3, 0.4) is 0 Å². The second kappa shape index (κ2) is 10.0. The summed E-state index contributed by atoms with van der Waals surface area (Å²) in [6.45, 7) is 9.05. The minimum atomic E-state index is -0.120. The van der Waals surface area contributed by atoms with Crippen molar-refractivity contribution in [2.45, 2.75) is 76.6 Å². The van der Waals surface area contributed by atoms with Gasteiger partial charge in [0.05, 0.1) is 36.7 Å². The van der Waals surface area contributed by atoms with Crippen LogP contribution >= 0.6 is 11.3 Å². The highest BCUT2D eigenvalue weighted by molar-refractivity contribution is 7.12. The number of likely N-dealkylation sites (tertiary alicyclic amines) is 2. The molecular formula is C25H37N5O3S. The molecule has 0 saturated carbocycles. The van der Waals surface area contributed by atoms with Gasteiger partial charge in [-0.25, -0.2) is 4.68 Å². The Hall–Kier alpha value is -1.81. The van der Waals surface area contributed by atoms with Crippen LogP contribution in [0.25, 0.3) is 0 Å². The number of rotatable bonds is 7. The zero-order valence-corrected chi connectivity index (χ0v) is 21.5. The topological polar surface area (TPSA) is 72.7 Å². The van der Waals surface area contributed by atoms with E-state index < -0.39 is 0 Å². The Morgan fingerprint density at radius 1 is 1.35 bits per heavy atom. The van der Waals surface area contributed by atoms with Gasteiger partial charge < -0.3 is 14.4 Å². The zero-order valence-electron chi connectivity index (χ0n) is 20.7. The number of aryl methyl sites for hydroxylation is 1. The molecule has 1 spiro atoms. The van der Waals surface area contributed by atoms with E-state index in [4.69, 9.17) is 9.47 Å². The molecule has 8 nitrogen and oxygen atoms in total. The minimum Gasteiger partial charge on any atom is -0.383 e. The molecule has 5 rings (SSSR count). The van der Waals surface area contributed by atoms with Crippen LogP contribution in [-0.2, 0) is 39.3 Å². The Labute approximate surface area is 206 Å². The lowest BCUT2D eigenvalue weighted by atomic mass is 9.79. The number of nitrogens with zero attached hydrogens (tertiary/aromatic N) is 5. The molecule has 1 unspecified atom stereocenters. The van der Waals surface area contributed by atoms with Crippen molar-refractivity contribution in [1.29, 1.82) is 0 Å². The van der Waals surface area contributed by atoms with E-state index in [0.717, 1.165) is 57.5 Å². The lowest BCUT2D eigenvalue weighted by molar-refractivity contribution is -0.135. The fourth-order valence-corrected chi connectivity index (χ4v) is 6.99. The molecule has 0 aromatic carbocycles. The SMILES string of the molecule is CCc1cc2c(s1)CCO[C@@]21CCN(Cc2cn(C3CCC(=O)N(CCOC)C3)nn2)[C@@H](C)C1. The Balaban J connectivity index is 1.22. The Kier molecular flexibility index (Phi) is 7.07. The molecule has 2 aromatic heterocycles.